The summed E-state index contributed by atoms with van der Waals surface area (Å²) in [4.78, 5) is 0. The average molecular weight is 271 g/mol. The Kier molecular flexibility index (Phi) is 5.03. The van der Waals surface area contributed by atoms with E-state index in [0.29, 0.717) is 23.6 Å². The highest BCUT2D eigenvalue weighted by atomic mass is 32.2. The summed E-state index contributed by atoms with van der Waals surface area (Å²) in [5, 5.41) is 0. The average Bonchev–Trinajstić information content (AvgIpc) is 2.35. The minimum atomic E-state index is -3.36. The Morgan fingerprint density at radius 2 is 1.94 bits per heavy atom. The molecule has 1 aromatic carbocycles. The highest BCUT2D eigenvalue weighted by molar-refractivity contribution is 7.92. The van der Waals surface area contributed by atoms with Gasteiger partial charge in [0, 0.05) is 6.07 Å². The summed E-state index contributed by atoms with van der Waals surface area (Å²) in [7, 11) is -0.345. The first kappa shape index (κ1) is 14.4. The van der Waals surface area contributed by atoms with Crippen LogP contribution in [0.1, 0.15) is 6.42 Å². The third kappa shape index (κ3) is 3.96. The van der Waals surface area contributed by atoms with Gasteiger partial charge in [0.2, 0.25) is 10.0 Å². The van der Waals surface area contributed by atoms with Crippen molar-refractivity contribution in [3.05, 3.63) is 30.9 Å². The van der Waals surface area contributed by atoms with Crippen molar-refractivity contribution in [2.24, 2.45) is 0 Å². The second-order valence-electron chi connectivity index (χ2n) is 3.57. The molecule has 0 bridgehead atoms. The van der Waals surface area contributed by atoms with E-state index in [0.717, 1.165) is 0 Å². The molecule has 0 aliphatic rings. The largest absolute Gasteiger partial charge is 0.493 e. The van der Waals surface area contributed by atoms with E-state index in [9.17, 15) is 8.42 Å². The fraction of sp³-hybridized carbons (Fsp3) is 0.333. The van der Waals surface area contributed by atoms with Crippen molar-refractivity contribution in [2.75, 3.05) is 24.7 Å². The molecule has 1 N–H and O–H groups in total. The van der Waals surface area contributed by atoms with Crippen LogP contribution in [0.15, 0.2) is 30.9 Å². The number of rotatable bonds is 7. The fourth-order valence-electron chi connectivity index (χ4n) is 1.37. The van der Waals surface area contributed by atoms with Gasteiger partial charge in [0.1, 0.15) is 0 Å². The van der Waals surface area contributed by atoms with Gasteiger partial charge in [0.05, 0.1) is 25.7 Å². The highest BCUT2D eigenvalue weighted by Crippen LogP contribution is 2.30. The SMILES string of the molecule is C=CCCS(=O)(=O)Nc1ccc(OC)c(OC)c1. The molecule has 0 aliphatic carbocycles. The molecular weight excluding hydrogens is 254 g/mol. The standard InChI is InChI=1S/C12H17NO4S/c1-4-5-8-18(14,15)13-10-6-7-11(16-2)12(9-10)17-3/h4,6-7,9,13H,1,5,8H2,2-3H3. The highest BCUT2D eigenvalue weighted by Gasteiger charge is 2.11. The van der Waals surface area contributed by atoms with E-state index in [1.165, 1.54) is 14.2 Å². The van der Waals surface area contributed by atoms with Gasteiger partial charge in [-0.15, -0.1) is 6.58 Å². The number of nitrogens with one attached hydrogen (secondary N) is 1. The van der Waals surface area contributed by atoms with Gasteiger partial charge in [-0.1, -0.05) is 6.08 Å². The van der Waals surface area contributed by atoms with Crippen LogP contribution in [0.3, 0.4) is 0 Å². The minimum absolute atomic E-state index is 0.00481. The zero-order valence-electron chi connectivity index (χ0n) is 10.5. The van der Waals surface area contributed by atoms with Gasteiger partial charge >= 0.3 is 0 Å². The molecule has 6 heteroatoms. The van der Waals surface area contributed by atoms with Gasteiger partial charge in [-0.3, -0.25) is 4.72 Å². The van der Waals surface area contributed by atoms with Gasteiger partial charge in [-0.25, -0.2) is 8.42 Å². The van der Waals surface area contributed by atoms with E-state index in [1.807, 2.05) is 0 Å². The quantitative estimate of drug-likeness (QED) is 0.771. The number of methoxy groups -OCH3 is 2. The lowest BCUT2D eigenvalue weighted by Crippen LogP contribution is -2.16. The number of anilines is 1. The smallest absolute Gasteiger partial charge is 0.233 e. The van der Waals surface area contributed by atoms with Gasteiger partial charge < -0.3 is 9.47 Å². The monoisotopic (exact) mass is 271 g/mol. The number of hydrogen-bond donors (Lipinski definition) is 1. The third-order valence-electron chi connectivity index (χ3n) is 2.25. The number of allylic oxidation sites excluding steroid dienone is 1. The van der Waals surface area contributed by atoms with Crippen LogP contribution >= 0.6 is 0 Å². The first-order valence-corrected chi connectivity index (χ1v) is 7.01. The van der Waals surface area contributed by atoms with Crippen molar-refractivity contribution in [1.82, 2.24) is 0 Å². The molecule has 0 aliphatic heterocycles. The molecule has 0 fully saturated rings. The molecular formula is C12H17NO4S. The Morgan fingerprint density at radius 3 is 2.50 bits per heavy atom. The maximum absolute atomic E-state index is 11.7. The van der Waals surface area contributed by atoms with Gasteiger partial charge in [0.15, 0.2) is 11.5 Å². The van der Waals surface area contributed by atoms with Crippen LogP contribution in [0.4, 0.5) is 5.69 Å². The first-order chi connectivity index (χ1) is 8.52. The van der Waals surface area contributed by atoms with Crippen LogP contribution in [0.25, 0.3) is 0 Å². The summed E-state index contributed by atoms with van der Waals surface area (Å²) in [6.07, 6.45) is 1.97. The Labute approximate surface area is 107 Å². The van der Waals surface area contributed by atoms with Gasteiger partial charge in [-0.2, -0.15) is 0 Å². The van der Waals surface area contributed by atoms with E-state index in [2.05, 4.69) is 11.3 Å². The number of sulfonamides is 1. The molecule has 0 spiro atoms. The third-order valence-corrected chi connectivity index (χ3v) is 3.57. The zero-order valence-corrected chi connectivity index (χ0v) is 11.3. The van der Waals surface area contributed by atoms with E-state index in [-0.39, 0.29) is 5.75 Å². The summed E-state index contributed by atoms with van der Waals surface area (Å²) in [5.41, 5.74) is 0.441. The molecule has 0 unspecified atom stereocenters. The van der Waals surface area contributed by atoms with Crippen molar-refractivity contribution < 1.29 is 17.9 Å². The molecule has 0 heterocycles. The van der Waals surface area contributed by atoms with Crippen LogP contribution in [-0.4, -0.2) is 28.4 Å². The molecule has 0 atom stereocenters. The molecule has 0 radical (unpaired) electrons. The predicted octanol–water partition coefficient (Wildman–Crippen LogP) is 2.02. The lowest BCUT2D eigenvalue weighted by molar-refractivity contribution is 0.355. The lowest BCUT2D eigenvalue weighted by atomic mass is 10.3. The number of hydrogen-bond acceptors (Lipinski definition) is 4. The molecule has 18 heavy (non-hydrogen) atoms. The Hall–Kier alpha value is -1.69. The summed E-state index contributed by atoms with van der Waals surface area (Å²) >= 11 is 0. The van der Waals surface area contributed by atoms with Gasteiger partial charge in [-0.05, 0) is 18.6 Å². The zero-order chi connectivity index (χ0) is 13.6. The predicted molar refractivity (Wildman–Crippen MR) is 71.8 cm³/mol. The molecule has 1 rings (SSSR count). The van der Waals surface area contributed by atoms with Crippen molar-refractivity contribution in [2.45, 2.75) is 6.42 Å². The van der Waals surface area contributed by atoms with Crippen molar-refractivity contribution in [3.63, 3.8) is 0 Å². The molecule has 0 amide bonds. The van der Waals surface area contributed by atoms with Crippen LogP contribution in [-0.2, 0) is 10.0 Å². The minimum Gasteiger partial charge on any atom is -0.493 e. The maximum Gasteiger partial charge on any atom is 0.233 e. The summed E-state index contributed by atoms with van der Waals surface area (Å²) < 4.78 is 36.0. The molecule has 100 valence electrons. The second kappa shape index (κ2) is 6.30. The molecule has 0 aromatic heterocycles. The fourth-order valence-corrected chi connectivity index (χ4v) is 2.43. The second-order valence-corrected chi connectivity index (χ2v) is 5.41. The van der Waals surface area contributed by atoms with E-state index >= 15 is 0 Å². The van der Waals surface area contributed by atoms with Crippen molar-refractivity contribution in [3.8, 4) is 11.5 Å². The van der Waals surface area contributed by atoms with Crippen LogP contribution in [0.2, 0.25) is 0 Å². The molecule has 5 nitrogen and oxygen atoms in total. The Morgan fingerprint density at radius 1 is 1.28 bits per heavy atom. The van der Waals surface area contributed by atoms with Crippen LogP contribution in [0, 0.1) is 0 Å². The first-order valence-electron chi connectivity index (χ1n) is 5.36. The topological polar surface area (TPSA) is 64.6 Å². The van der Waals surface area contributed by atoms with E-state index in [4.69, 9.17) is 9.47 Å². The van der Waals surface area contributed by atoms with Crippen molar-refractivity contribution in [1.29, 1.82) is 0 Å². The Bertz CT molecular complexity index is 511. The van der Waals surface area contributed by atoms with Crippen LogP contribution in [0.5, 0.6) is 11.5 Å². The molecule has 1 aromatic rings. The summed E-state index contributed by atoms with van der Waals surface area (Å²) in [6.45, 7) is 3.49. The van der Waals surface area contributed by atoms with Crippen LogP contribution < -0.4 is 14.2 Å². The summed E-state index contributed by atoms with van der Waals surface area (Å²) in [6, 6.07) is 4.83. The molecule has 0 saturated heterocycles. The Balaban J connectivity index is 2.88. The summed E-state index contributed by atoms with van der Waals surface area (Å²) in [5.74, 6) is 1.03. The van der Waals surface area contributed by atoms with E-state index in [1.54, 1.807) is 24.3 Å². The van der Waals surface area contributed by atoms with Gasteiger partial charge in [0.25, 0.3) is 0 Å². The number of benzene rings is 1. The van der Waals surface area contributed by atoms with Crippen molar-refractivity contribution >= 4 is 15.7 Å². The maximum atomic E-state index is 11.7. The normalized spacial score (nSPS) is 10.8. The molecule has 0 saturated carbocycles. The van der Waals surface area contributed by atoms with E-state index < -0.39 is 10.0 Å². The lowest BCUT2D eigenvalue weighted by Gasteiger charge is -2.11. The number of ether oxygens (including phenoxy) is 2.